The predicted molar refractivity (Wildman–Crippen MR) is 102 cm³/mol. The molecule has 0 aliphatic carbocycles. The summed E-state index contributed by atoms with van der Waals surface area (Å²) in [5.41, 5.74) is 6.14. The number of rotatable bonds is 5. The highest BCUT2D eigenvalue weighted by Gasteiger charge is 2.25. The maximum atomic E-state index is 13.0. The van der Waals surface area contributed by atoms with Crippen molar-refractivity contribution in [2.45, 2.75) is 13.0 Å². The summed E-state index contributed by atoms with van der Waals surface area (Å²) in [5, 5.41) is 9.04. The average molecular weight is 359 g/mol. The van der Waals surface area contributed by atoms with Crippen molar-refractivity contribution < 1.29 is 4.79 Å². The fourth-order valence-electron chi connectivity index (χ4n) is 2.27. The van der Waals surface area contributed by atoms with E-state index in [2.05, 4.69) is 25.9 Å². The summed E-state index contributed by atoms with van der Waals surface area (Å²) in [5.74, 6) is 2.51. The van der Waals surface area contributed by atoms with Crippen LogP contribution in [0, 0.1) is 23.7 Å². The zero-order valence-electron chi connectivity index (χ0n) is 14.6. The van der Waals surface area contributed by atoms with E-state index in [1.807, 2.05) is 6.07 Å². The minimum atomic E-state index is -0.608. The molecular formula is C19H17N7O. The number of amidine groups is 1. The van der Waals surface area contributed by atoms with Crippen molar-refractivity contribution in [3.05, 3.63) is 53.9 Å². The van der Waals surface area contributed by atoms with Gasteiger partial charge in [0.2, 0.25) is 0 Å². The Morgan fingerprint density at radius 3 is 2.78 bits per heavy atom. The van der Waals surface area contributed by atoms with Gasteiger partial charge in [-0.25, -0.2) is 15.0 Å². The standard InChI is InChI=1S/C19H17N7O/c1-3-10-26(18(27)16-7-4-6-15(11-16)12-20)14(2)17(24-13-21)25-19-22-8-5-9-23-19/h1,4-9,11,13-14H,10H2,2H3,(H2,21,22,23,24,25). The molecule has 0 aliphatic rings. The van der Waals surface area contributed by atoms with Gasteiger partial charge >= 0.3 is 0 Å². The molecule has 0 fully saturated rings. The number of aromatic nitrogens is 2. The zero-order valence-corrected chi connectivity index (χ0v) is 14.6. The van der Waals surface area contributed by atoms with Crippen molar-refractivity contribution >= 4 is 24.0 Å². The molecular weight excluding hydrogens is 342 g/mol. The average Bonchev–Trinajstić information content (AvgIpc) is 2.71. The number of benzene rings is 1. The van der Waals surface area contributed by atoms with Crippen molar-refractivity contribution in [2.24, 2.45) is 15.7 Å². The number of carbonyl (C=O) groups is 1. The zero-order chi connectivity index (χ0) is 19.6. The molecule has 2 rings (SSSR count). The number of terminal acetylenes is 1. The van der Waals surface area contributed by atoms with Gasteiger partial charge in [-0.2, -0.15) is 10.3 Å². The lowest BCUT2D eigenvalue weighted by atomic mass is 10.1. The van der Waals surface area contributed by atoms with Gasteiger partial charge in [-0.15, -0.1) is 6.42 Å². The van der Waals surface area contributed by atoms with E-state index in [4.69, 9.17) is 17.4 Å². The molecule has 1 aromatic heterocycles. The van der Waals surface area contributed by atoms with Crippen molar-refractivity contribution in [2.75, 3.05) is 6.54 Å². The molecule has 1 heterocycles. The fraction of sp³-hybridized carbons (Fsp3) is 0.158. The topological polar surface area (TPSA) is 121 Å². The van der Waals surface area contributed by atoms with Gasteiger partial charge in [0.1, 0.15) is 0 Å². The number of aliphatic imine (C=N–C) groups is 2. The number of carbonyl (C=O) groups excluding carboxylic acids is 1. The molecule has 27 heavy (non-hydrogen) atoms. The second-order valence-electron chi connectivity index (χ2n) is 5.30. The molecule has 0 spiro atoms. The summed E-state index contributed by atoms with van der Waals surface area (Å²) in [6, 6.07) is 9.42. The van der Waals surface area contributed by atoms with E-state index >= 15 is 0 Å². The summed E-state index contributed by atoms with van der Waals surface area (Å²) in [6.07, 6.45) is 9.60. The smallest absolute Gasteiger partial charge is 0.255 e. The highest BCUT2D eigenvalue weighted by atomic mass is 16.2. The second kappa shape index (κ2) is 9.44. The third-order valence-electron chi connectivity index (χ3n) is 3.58. The summed E-state index contributed by atoms with van der Waals surface area (Å²) >= 11 is 0. The van der Waals surface area contributed by atoms with Gasteiger partial charge in [-0.05, 0) is 31.2 Å². The van der Waals surface area contributed by atoms with Crippen LogP contribution in [0.3, 0.4) is 0 Å². The van der Waals surface area contributed by atoms with Crippen LogP contribution in [-0.2, 0) is 0 Å². The summed E-state index contributed by atoms with van der Waals surface area (Å²) in [4.78, 5) is 30.7. The van der Waals surface area contributed by atoms with Gasteiger partial charge in [-0.1, -0.05) is 12.0 Å². The van der Waals surface area contributed by atoms with E-state index in [9.17, 15) is 4.79 Å². The van der Waals surface area contributed by atoms with Crippen LogP contribution in [0.25, 0.3) is 0 Å². The molecule has 2 N–H and O–H groups in total. The summed E-state index contributed by atoms with van der Waals surface area (Å²) < 4.78 is 0. The molecule has 0 saturated carbocycles. The molecule has 0 radical (unpaired) electrons. The molecule has 1 aromatic carbocycles. The van der Waals surface area contributed by atoms with Crippen LogP contribution in [0.2, 0.25) is 0 Å². The second-order valence-corrected chi connectivity index (χ2v) is 5.30. The monoisotopic (exact) mass is 359 g/mol. The lowest BCUT2D eigenvalue weighted by Crippen LogP contribution is -2.43. The lowest BCUT2D eigenvalue weighted by Gasteiger charge is -2.27. The lowest BCUT2D eigenvalue weighted by molar-refractivity contribution is 0.0757. The van der Waals surface area contributed by atoms with Gasteiger partial charge < -0.3 is 10.6 Å². The minimum Gasteiger partial charge on any atom is -0.390 e. The Hall–Kier alpha value is -4.04. The number of hydrogen-bond donors (Lipinski definition) is 1. The molecule has 8 nitrogen and oxygen atoms in total. The third kappa shape index (κ3) is 4.97. The van der Waals surface area contributed by atoms with E-state index in [0.29, 0.717) is 11.1 Å². The predicted octanol–water partition coefficient (Wildman–Crippen LogP) is 1.53. The van der Waals surface area contributed by atoms with Crippen LogP contribution in [0.5, 0.6) is 0 Å². The molecule has 134 valence electrons. The highest BCUT2D eigenvalue weighted by molar-refractivity contribution is 6.01. The first-order valence-corrected chi connectivity index (χ1v) is 7.95. The van der Waals surface area contributed by atoms with Crippen molar-refractivity contribution in [3.63, 3.8) is 0 Å². The Morgan fingerprint density at radius 2 is 2.15 bits per heavy atom. The first kappa shape index (κ1) is 19.3. The molecule has 2 aromatic rings. The SMILES string of the molecule is C#CCN(C(=O)c1cccc(C#N)c1)C(C)C(N=CN)=Nc1ncccn1. The first-order valence-electron chi connectivity index (χ1n) is 7.95. The number of amides is 1. The largest absolute Gasteiger partial charge is 0.390 e. The van der Waals surface area contributed by atoms with Gasteiger partial charge in [0, 0.05) is 18.0 Å². The minimum absolute atomic E-state index is 0.0194. The molecule has 1 amide bonds. The first-order chi connectivity index (χ1) is 13.1. The Balaban J connectivity index is 2.40. The van der Waals surface area contributed by atoms with Crippen molar-refractivity contribution in [1.29, 1.82) is 5.26 Å². The van der Waals surface area contributed by atoms with Crippen LogP contribution in [-0.4, -0.2) is 45.5 Å². The number of nitriles is 1. The molecule has 0 saturated heterocycles. The van der Waals surface area contributed by atoms with E-state index < -0.39 is 6.04 Å². The Morgan fingerprint density at radius 1 is 1.41 bits per heavy atom. The Kier molecular flexibility index (Phi) is 6.75. The van der Waals surface area contributed by atoms with Crippen molar-refractivity contribution in [3.8, 4) is 18.4 Å². The quantitative estimate of drug-likeness (QED) is 0.493. The van der Waals surface area contributed by atoms with E-state index in [-0.39, 0.29) is 24.2 Å². The summed E-state index contributed by atoms with van der Waals surface area (Å²) in [6.45, 7) is 1.74. The van der Waals surface area contributed by atoms with E-state index in [0.717, 1.165) is 6.34 Å². The third-order valence-corrected chi connectivity index (χ3v) is 3.58. The van der Waals surface area contributed by atoms with Crippen molar-refractivity contribution in [1.82, 2.24) is 14.9 Å². The van der Waals surface area contributed by atoms with Crippen LogP contribution in [0.15, 0.2) is 52.7 Å². The highest BCUT2D eigenvalue weighted by Crippen LogP contribution is 2.14. The Bertz CT molecular complexity index is 939. The van der Waals surface area contributed by atoms with E-state index in [1.54, 1.807) is 31.2 Å². The molecule has 0 aliphatic heterocycles. The van der Waals surface area contributed by atoms with Gasteiger partial charge in [0.25, 0.3) is 11.9 Å². The maximum Gasteiger partial charge on any atom is 0.255 e. The maximum absolute atomic E-state index is 13.0. The molecule has 1 atom stereocenters. The number of nitrogens with zero attached hydrogens (tertiary/aromatic N) is 6. The fourth-order valence-corrected chi connectivity index (χ4v) is 2.27. The van der Waals surface area contributed by atoms with Crippen LogP contribution < -0.4 is 5.73 Å². The molecule has 8 heteroatoms. The summed E-state index contributed by atoms with van der Waals surface area (Å²) in [7, 11) is 0. The molecule has 1 unspecified atom stereocenters. The number of hydrogen-bond acceptors (Lipinski definition) is 5. The van der Waals surface area contributed by atoms with Crippen LogP contribution in [0.1, 0.15) is 22.8 Å². The number of nitrogens with two attached hydrogens (primary N) is 1. The van der Waals surface area contributed by atoms with Gasteiger partial charge in [-0.3, -0.25) is 4.79 Å². The molecule has 0 bridgehead atoms. The normalized spacial score (nSPS) is 12.2. The Labute approximate surface area is 157 Å². The van der Waals surface area contributed by atoms with Crippen LogP contribution >= 0.6 is 0 Å². The van der Waals surface area contributed by atoms with Gasteiger partial charge in [0.05, 0.1) is 30.6 Å². The van der Waals surface area contributed by atoms with Gasteiger partial charge in [0.15, 0.2) is 5.84 Å². The van der Waals surface area contributed by atoms with Crippen LogP contribution in [0.4, 0.5) is 5.95 Å². The van der Waals surface area contributed by atoms with E-state index in [1.165, 1.54) is 23.4 Å².